The monoisotopic (exact) mass is 168 g/mol. The van der Waals surface area contributed by atoms with Crippen LogP contribution in [0.5, 0.6) is 0 Å². The van der Waals surface area contributed by atoms with Crippen LogP contribution < -0.4 is 5.73 Å². The lowest BCUT2D eigenvalue weighted by Crippen LogP contribution is -1.92. The van der Waals surface area contributed by atoms with E-state index in [1.54, 1.807) is 12.3 Å². The lowest BCUT2D eigenvalue weighted by Gasteiger charge is -1.90. The summed E-state index contributed by atoms with van der Waals surface area (Å²) in [5.41, 5.74) is 6.14. The van der Waals surface area contributed by atoms with Crippen molar-refractivity contribution in [2.45, 2.75) is 0 Å². The van der Waals surface area contributed by atoms with Crippen molar-refractivity contribution < 1.29 is 0 Å². The molecule has 0 aromatic carbocycles. The molecule has 0 spiro atoms. The molecular formula is C8H9ClN2. The third-order valence-electron chi connectivity index (χ3n) is 1.17. The zero-order chi connectivity index (χ0) is 8.10. The Morgan fingerprint density at radius 3 is 2.91 bits per heavy atom. The number of nitrogens with zero attached hydrogens (tertiary/aromatic N) is 1. The summed E-state index contributed by atoms with van der Waals surface area (Å²) in [7, 11) is 0. The minimum Gasteiger partial charge on any atom is -0.327 e. The van der Waals surface area contributed by atoms with Gasteiger partial charge in [0, 0.05) is 12.7 Å². The summed E-state index contributed by atoms with van der Waals surface area (Å²) in [5.74, 6) is 0. The van der Waals surface area contributed by atoms with Crippen molar-refractivity contribution in [1.29, 1.82) is 0 Å². The molecular weight excluding hydrogens is 160 g/mol. The van der Waals surface area contributed by atoms with Gasteiger partial charge < -0.3 is 5.73 Å². The van der Waals surface area contributed by atoms with Crippen molar-refractivity contribution in [3.05, 3.63) is 35.1 Å². The molecule has 0 bridgehead atoms. The first-order valence-corrected chi connectivity index (χ1v) is 3.69. The van der Waals surface area contributed by atoms with E-state index < -0.39 is 0 Å². The van der Waals surface area contributed by atoms with E-state index in [1.165, 1.54) is 0 Å². The molecule has 2 nitrogen and oxygen atoms in total. The smallest absolute Gasteiger partial charge is 0.0628 e. The molecule has 1 heterocycles. The van der Waals surface area contributed by atoms with Gasteiger partial charge in [-0.3, -0.25) is 4.98 Å². The second kappa shape index (κ2) is 4.11. The minimum atomic E-state index is 0.532. The summed E-state index contributed by atoms with van der Waals surface area (Å²) in [6.07, 6.45) is 5.31. The summed E-state index contributed by atoms with van der Waals surface area (Å²) in [5, 5.41) is 0.648. The van der Waals surface area contributed by atoms with Crippen molar-refractivity contribution in [2.24, 2.45) is 5.73 Å². The highest BCUT2D eigenvalue weighted by Crippen LogP contribution is 2.06. The third-order valence-corrected chi connectivity index (χ3v) is 1.40. The fourth-order valence-electron chi connectivity index (χ4n) is 0.675. The van der Waals surface area contributed by atoms with Crippen LogP contribution in [0, 0.1) is 0 Å². The third kappa shape index (κ3) is 2.70. The summed E-state index contributed by atoms with van der Waals surface area (Å²) >= 11 is 5.63. The first-order valence-electron chi connectivity index (χ1n) is 3.31. The van der Waals surface area contributed by atoms with Gasteiger partial charge in [0.2, 0.25) is 0 Å². The van der Waals surface area contributed by atoms with Crippen LogP contribution in [0.25, 0.3) is 6.08 Å². The minimum absolute atomic E-state index is 0.532. The van der Waals surface area contributed by atoms with Crippen LogP contribution in [0.4, 0.5) is 0 Å². The van der Waals surface area contributed by atoms with E-state index in [0.717, 1.165) is 5.69 Å². The summed E-state index contributed by atoms with van der Waals surface area (Å²) < 4.78 is 0. The van der Waals surface area contributed by atoms with Gasteiger partial charge in [-0.1, -0.05) is 17.7 Å². The van der Waals surface area contributed by atoms with E-state index in [9.17, 15) is 0 Å². The number of nitrogens with two attached hydrogens (primary N) is 1. The number of pyridine rings is 1. The molecule has 3 heteroatoms. The fourth-order valence-corrected chi connectivity index (χ4v) is 0.786. The Labute approximate surface area is 70.7 Å². The summed E-state index contributed by atoms with van der Waals surface area (Å²) in [4.78, 5) is 4.04. The zero-order valence-electron chi connectivity index (χ0n) is 6.00. The van der Waals surface area contributed by atoms with Crippen LogP contribution in [0.2, 0.25) is 5.02 Å². The lowest BCUT2D eigenvalue weighted by atomic mass is 10.3. The first-order chi connectivity index (χ1) is 5.33. The van der Waals surface area contributed by atoms with Gasteiger partial charge in [0.1, 0.15) is 0 Å². The Morgan fingerprint density at radius 1 is 1.55 bits per heavy atom. The summed E-state index contributed by atoms with van der Waals surface area (Å²) in [6.45, 7) is 0.532. The number of hydrogen-bond acceptors (Lipinski definition) is 2. The zero-order valence-corrected chi connectivity index (χ0v) is 6.75. The van der Waals surface area contributed by atoms with Gasteiger partial charge in [-0.05, 0) is 18.2 Å². The van der Waals surface area contributed by atoms with Gasteiger partial charge in [0.25, 0.3) is 0 Å². The molecule has 1 rings (SSSR count). The maximum absolute atomic E-state index is 5.63. The molecule has 58 valence electrons. The molecule has 11 heavy (non-hydrogen) atoms. The van der Waals surface area contributed by atoms with E-state index >= 15 is 0 Å². The molecule has 0 aliphatic carbocycles. The molecule has 0 aliphatic heterocycles. The predicted octanol–water partition coefficient (Wildman–Crippen LogP) is 1.71. The Morgan fingerprint density at radius 2 is 2.36 bits per heavy atom. The van der Waals surface area contributed by atoms with Crippen molar-refractivity contribution in [2.75, 3.05) is 6.54 Å². The molecule has 0 saturated heterocycles. The molecule has 0 aliphatic rings. The van der Waals surface area contributed by atoms with E-state index in [4.69, 9.17) is 17.3 Å². The SMILES string of the molecule is NC/C=C/c1ccc(Cl)cn1. The Kier molecular flexibility index (Phi) is 3.08. The standard InChI is InChI=1S/C8H9ClN2/c9-7-3-4-8(11-6-7)2-1-5-10/h1-4,6H,5,10H2/b2-1+. The topological polar surface area (TPSA) is 38.9 Å². The highest BCUT2D eigenvalue weighted by molar-refractivity contribution is 6.30. The average Bonchev–Trinajstić information content (AvgIpc) is 2.04. The maximum atomic E-state index is 5.63. The van der Waals surface area contributed by atoms with E-state index in [0.29, 0.717) is 11.6 Å². The maximum Gasteiger partial charge on any atom is 0.0628 e. The van der Waals surface area contributed by atoms with Gasteiger partial charge in [0.15, 0.2) is 0 Å². The molecule has 0 atom stereocenters. The van der Waals surface area contributed by atoms with E-state index in [1.807, 2.05) is 18.2 Å². The quantitative estimate of drug-likeness (QED) is 0.730. The Bertz CT molecular complexity index is 241. The van der Waals surface area contributed by atoms with Gasteiger partial charge in [-0.25, -0.2) is 0 Å². The van der Waals surface area contributed by atoms with Gasteiger partial charge in [-0.2, -0.15) is 0 Å². The van der Waals surface area contributed by atoms with Crippen molar-refractivity contribution >= 4 is 17.7 Å². The van der Waals surface area contributed by atoms with E-state index in [2.05, 4.69) is 4.98 Å². The largest absolute Gasteiger partial charge is 0.327 e. The van der Waals surface area contributed by atoms with Crippen molar-refractivity contribution in [1.82, 2.24) is 4.98 Å². The highest BCUT2D eigenvalue weighted by atomic mass is 35.5. The molecule has 1 aromatic rings. The fraction of sp³-hybridized carbons (Fsp3) is 0.125. The van der Waals surface area contributed by atoms with Crippen LogP contribution in [-0.2, 0) is 0 Å². The molecule has 0 amide bonds. The van der Waals surface area contributed by atoms with Crippen molar-refractivity contribution in [3.63, 3.8) is 0 Å². The van der Waals surface area contributed by atoms with Crippen LogP contribution in [0.15, 0.2) is 24.4 Å². The highest BCUT2D eigenvalue weighted by Gasteiger charge is 1.87. The van der Waals surface area contributed by atoms with Crippen molar-refractivity contribution in [3.8, 4) is 0 Å². The molecule has 0 saturated carbocycles. The molecule has 0 radical (unpaired) electrons. The predicted molar refractivity (Wildman–Crippen MR) is 47.3 cm³/mol. The van der Waals surface area contributed by atoms with Gasteiger partial charge >= 0.3 is 0 Å². The van der Waals surface area contributed by atoms with E-state index in [-0.39, 0.29) is 0 Å². The normalized spacial score (nSPS) is 10.7. The molecule has 0 fully saturated rings. The average molecular weight is 169 g/mol. The molecule has 1 aromatic heterocycles. The second-order valence-electron chi connectivity index (χ2n) is 2.04. The van der Waals surface area contributed by atoms with Crippen LogP contribution in [-0.4, -0.2) is 11.5 Å². The Hall–Kier alpha value is -0.860. The lowest BCUT2D eigenvalue weighted by molar-refractivity contribution is 1.25. The number of halogens is 1. The first kappa shape index (κ1) is 8.24. The van der Waals surface area contributed by atoms with Gasteiger partial charge in [-0.15, -0.1) is 0 Å². The van der Waals surface area contributed by atoms with Crippen LogP contribution >= 0.6 is 11.6 Å². The van der Waals surface area contributed by atoms with Crippen LogP contribution in [0.1, 0.15) is 5.69 Å². The number of aromatic nitrogens is 1. The summed E-state index contributed by atoms with van der Waals surface area (Å²) in [6, 6.07) is 3.64. The molecule has 0 unspecified atom stereocenters. The van der Waals surface area contributed by atoms with Gasteiger partial charge in [0.05, 0.1) is 10.7 Å². The number of hydrogen-bond donors (Lipinski definition) is 1. The number of rotatable bonds is 2. The second-order valence-corrected chi connectivity index (χ2v) is 2.48. The molecule has 2 N–H and O–H groups in total. The van der Waals surface area contributed by atoms with Crippen LogP contribution in [0.3, 0.4) is 0 Å². The Balaban J connectivity index is 2.73.